The maximum absolute atomic E-state index is 9.08. The summed E-state index contributed by atoms with van der Waals surface area (Å²) in [6.07, 6.45) is 2.45. The molecule has 3 nitrogen and oxygen atoms in total. The molecule has 2 N–H and O–H groups in total. The molecule has 0 saturated carbocycles. The molecule has 1 heterocycles. The van der Waals surface area contributed by atoms with Crippen molar-refractivity contribution >= 4 is 5.69 Å². The van der Waals surface area contributed by atoms with Gasteiger partial charge in [0.25, 0.3) is 0 Å². The van der Waals surface area contributed by atoms with Gasteiger partial charge in [0.1, 0.15) is 6.07 Å². The van der Waals surface area contributed by atoms with Gasteiger partial charge < -0.3 is 10.6 Å². The molecule has 0 spiro atoms. The minimum Gasteiger partial charge on any atom is -0.383 e. The summed E-state index contributed by atoms with van der Waals surface area (Å²) in [6, 6.07) is 8.10. The van der Waals surface area contributed by atoms with Crippen molar-refractivity contribution in [2.45, 2.75) is 19.8 Å². The maximum atomic E-state index is 9.08. The molecule has 90 valence electrons. The first-order chi connectivity index (χ1) is 8.31. The van der Waals surface area contributed by atoms with E-state index in [0.29, 0.717) is 0 Å². The van der Waals surface area contributed by atoms with Crippen LogP contribution in [0, 0.1) is 24.2 Å². The Bertz CT molecular complexity index is 414. The lowest BCUT2D eigenvalue weighted by Crippen LogP contribution is -2.31. The van der Waals surface area contributed by atoms with Crippen LogP contribution in [-0.2, 0) is 0 Å². The highest BCUT2D eigenvalue weighted by atomic mass is 14.9. The van der Waals surface area contributed by atoms with Gasteiger partial charge in [-0.05, 0) is 50.4 Å². The lowest BCUT2D eigenvalue weighted by Gasteiger charge is -2.24. The van der Waals surface area contributed by atoms with Gasteiger partial charge in [0.05, 0.1) is 11.3 Å². The van der Waals surface area contributed by atoms with Crippen LogP contribution in [0.25, 0.3) is 0 Å². The molecule has 17 heavy (non-hydrogen) atoms. The molecule has 1 saturated heterocycles. The van der Waals surface area contributed by atoms with Gasteiger partial charge in [-0.1, -0.05) is 12.1 Å². The van der Waals surface area contributed by atoms with E-state index >= 15 is 0 Å². The van der Waals surface area contributed by atoms with Crippen LogP contribution < -0.4 is 10.6 Å². The van der Waals surface area contributed by atoms with E-state index in [0.717, 1.165) is 42.4 Å². The molecule has 3 heteroatoms. The zero-order valence-corrected chi connectivity index (χ0v) is 10.3. The smallest absolute Gasteiger partial charge is 0.101 e. The van der Waals surface area contributed by atoms with Crippen LogP contribution in [0.15, 0.2) is 18.2 Å². The lowest BCUT2D eigenvalue weighted by atomic mass is 9.97. The summed E-state index contributed by atoms with van der Waals surface area (Å²) >= 11 is 0. The van der Waals surface area contributed by atoms with Crippen molar-refractivity contribution < 1.29 is 0 Å². The molecule has 1 fully saturated rings. The number of aryl methyl sites for hydroxylation is 1. The maximum Gasteiger partial charge on any atom is 0.101 e. The Hall–Kier alpha value is -1.53. The third-order valence-electron chi connectivity index (χ3n) is 3.42. The number of hydrogen-bond acceptors (Lipinski definition) is 3. The Morgan fingerprint density at radius 1 is 1.41 bits per heavy atom. The second kappa shape index (κ2) is 5.70. The van der Waals surface area contributed by atoms with Crippen LogP contribution in [0.2, 0.25) is 0 Å². The molecule has 1 aromatic carbocycles. The fourth-order valence-corrected chi connectivity index (χ4v) is 2.33. The molecular formula is C14H19N3. The van der Waals surface area contributed by atoms with Crippen LogP contribution >= 0.6 is 0 Å². The van der Waals surface area contributed by atoms with Crippen LogP contribution in [0.3, 0.4) is 0 Å². The highest BCUT2D eigenvalue weighted by Crippen LogP contribution is 2.21. The van der Waals surface area contributed by atoms with E-state index < -0.39 is 0 Å². The first-order valence-corrected chi connectivity index (χ1v) is 6.25. The van der Waals surface area contributed by atoms with E-state index in [9.17, 15) is 0 Å². The quantitative estimate of drug-likeness (QED) is 0.836. The van der Waals surface area contributed by atoms with Crippen molar-refractivity contribution in [2.24, 2.45) is 5.92 Å². The van der Waals surface area contributed by atoms with Crippen LogP contribution in [0.4, 0.5) is 5.69 Å². The average Bonchev–Trinajstić information content (AvgIpc) is 2.38. The predicted octanol–water partition coefficient (Wildman–Crippen LogP) is 2.28. The molecule has 1 aliphatic heterocycles. The van der Waals surface area contributed by atoms with Crippen molar-refractivity contribution in [2.75, 3.05) is 25.0 Å². The number of hydrogen-bond donors (Lipinski definition) is 2. The average molecular weight is 229 g/mol. The van der Waals surface area contributed by atoms with Crippen molar-refractivity contribution in [1.29, 1.82) is 5.26 Å². The predicted molar refractivity (Wildman–Crippen MR) is 70.0 cm³/mol. The standard InChI is InChI=1S/C14H19N3/c1-11-3-2-4-13(9-15)14(11)17-10-12-5-7-16-8-6-12/h2-4,12,16-17H,5-8,10H2,1H3. The number of piperidine rings is 1. The molecule has 0 amide bonds. The van der Waals surface area contributed by atoms with Crippen LogP contribution in [-0.4, -0.2) is 19.6 Å². The number of nitrogens with one attached hydrogen (secondary N) is 2. The fraction of sp³-hybridized carbons (Fsp3) is 0.500. The molecule has 0 atom stereocenters. The molecule has 0 radical (unpaired) electrons. The number of para-hydroxylation sites is 1. The normalized spacial score (nSPS) is 16.5. The Labute approximate surface area is 103 Å². The Morgan fingerprint density at radius 2 is 2.18 bits per heavy atom. The molecule has 0 aliphatic carbocycles. The molecule has 2 rings (SSSR count). The minimum absolute atomic E-state index is 0.724. The second-order valence-corrected chi connectivity index (χ2v) is 4.68. The van der Waals surface area contributed by atoms with Gasteiger partial charge in [-0.25, -0.2) is 0 Å². The van der Waals surface area contributed by atoms with Crippen molar-refractivity contribution in [3.05, 3.63) is 29.3 Å². The lowest BCUT2D eigenvalue weighted by molar-refractivity contribution is 0.390. The summed E-state index contributed by atoms with van der Waals surface area (Å²) in [5, 5.41) is 15.9. The van der Waals surface area contributed by atoms with Gasteiger partial charge in [0, 0.05) is 6.54 Å². The number of nitriles is 1. The molecular weight excluding hydrogens is 210 g/mol. The number of rotatable bonds is 3. The molecule has 0 unspecified atom stereocenters. The topological polar surface area (TPSA) is 47.9 Å². The molecule has 1 aliphatic rings. The fourth-order valence-electron chi connectivity index (χ4n) is 2.33. The summed E-state index contributed by atoms with van der Waals surface area (Å²) in [7, 11) is 0. The highest BCUT2D eigenvalue weighted by molar-refractivity contribution is 5.62. The molecule has 0 aromatic heterocycles. The van der Waals surface area contributed by atoms with Crippen molar-refractivity contribution in [3.63, 3.8) is 0 Å². The first kappa shape index (κ1) is 11.9. The zero-order chi connectivity index (χ0) is 12.1. The van der Waals surface area contributed by atoms with E-state index in [2.05, 4.69) is 16.7 Å². The third kappa shape index (κ3) is 2.98. The van der Waals surface area contributed by atoms with E-state index in [1.807, 2.05) is 25.1 Å². The van der Waals surface area contributed by atoms with Crippen molar-refractivity contribution in [3.8, 4) is 6.07 Å². The monoisotopic (exact) mass is 229 g/mol. The summed E-state index contributed by atoms with van der Waals surface area (Å²) in [5.74, 6) is 0.724. The Kier molecular flexibility index (Phi) is 4.00. The third-order valence-corrected chi connectivity index (χ3v) is 3.42. The van der Waals surface area contributed by atoms with E-state index in [1.165, 1.54) is 12.8 Å². The number of anilines is 1. The molecule has 1 aromatic rings. The van der Waals surface area contributed by atoms with Gasteiger partial charge in [-0.15, -0.1) is 0 Å². The van der Waals surface area contributed by atoms with Gasteiger partial charge in [0.2, 0.25) is 0 Å². The summed E-state index contributed by atoms with van der Waals surface area (Å²) in [4.78, 5) is 0. The van der Waals surface area contributed by atoms with Gasteiger partial charge in [0.15, 0.2) is 0 Å². The number of benzene rings is 1. The minimum atomic E-state index is 0.724. The largest absolute Gasteiger partial charge is 0.383 e. The van der Waals surface area contributed by atoms with Gasteiger partial charge in [-0.3, -0.25) is 0 Å². The molecule has 0 bridgehead atoms. The zero-order valence-electron chi connectivity index (χ0n) is 10.3. The second-order valence-electron chi connectivity index (χ2n) is 4.68. The van der Waals surface area contributed by atoms with Crippen molar-refractivity contribution in [1.82, 2.24) is 5.32 Å². The van der Waals surface area contributed by atoms with E-state index in [4.69, 9.17) is 5.26 Å². The van der Waals surface area contributed by atoms with Crippen LogP contribution in [0.1, 0.15) is 24.0 Å². The Morgan fingerprint density at radius 3 is 2.88 bits per heavy atom. The highest BCUT2D eigenvalue weighted by Gasteiger charge is 2.13. The van der Waals surface area contributed by atoms with Gasteiger partial charge in [-0.2, -0.15) is 5.26 Å². The summed E-state index contributed by atoms with van der Waals surface area (Å²) < 4.78 is 0. The summed E-state index contributed by atoms with van der Waals surface area (Å²) in [5.41, 5.74) is 2.91. The number of nitrogens with zero attached hydrogens (tertiary/aromatic N) is 1. The van der Waals surface area contributed by atoms with Gasteiger partial charge >= 0.3 is 0 Å². The van der Waals surface area contributed by atoms with Crippen LogP contribution in [0.5, 0.6) is 0 Å². The Balaban J connectivity index is 2.00. The summed E-state index contributed by atoms with van der Waals surface area (Å²) in [6.45, 7) is 5.25. The SMILES string of the molecule is Cc1cccc(C#N)c1NCC1CCNCC1. The first-order valence-electron chi connectivity index (χ1n) is 6.25. The van der Waals surface area contributed by atoms with E-state index in [-0.39, 0.29) is 0 Å². The van der Waals surface area contributed by atoms with E-state index in [1.54, 1.807) is 0 Å².